The fourth-order valence-electron chi connectivity index (χ4n) is 3.66. The van der Waals surface area contributed by atoms with Gasteiger partial charge in [-0.05, 0) is 55.0 Å². The summed E-state index contributed by atoms with van der Waals surface area (Å²) in [4.78, 5) is 24.5. The number of pyridine rings is 1. The first-order chi connectivity index (χ1) is 17.1. The van der Waals surface area contributed by atoms with Gasteiger partial charge in [0.1, 0.15) is 27.5 Å². The predicted molar refractivity (Wildman–Crippen MR) is 139 cm³/mol. The molecule has 1 amide bonds. The zero-order chi connectivity index (χ0) is 24.6. The van der Waals surface area contributed by atoms with Crippen molar-refractivity contribution in [2.75, 3.05) is 25.7 Å². The van der Waals surface area contributed by atoms with Crippen molar-refractivity contribution in [3.8, 4) is 17.2 Å². The molecule has 0 bridgehead atoms. The first kappa shape index (κ1) is 24.5. The van der Waals surface area contributed by atoms with Gasteiger partial charge in [-0.15, -0.1) is 0 Å². The van der Waals surface area contributed by atoms with Gasteiger partial charge in [0.2, 0.25) is 0 Å². The minimum Gasteiger partial charge on any atom is -0.495 e. The van der Waals surface area contributed by atoms with E-state index in [-0.39, 0.29) is 12.5 Å². The van der Waals surface area contributed by atoms with Crippen LogP contribution in [0.4, 0.5) is 5.13 Å². The molecule has 8 heteroatoms. The quantitative estimate of drug-likeness (QED) is 0.235. The van der Waals surface area contributed by atoms with Crippen LogP contribution in [0.1, 0.15) is 42.2 Å². The highest BCUT2D eigenvalue weighted by atomic mass is 32.1. The van der Waals surface area contributed by atoms with Crippen molar-refractivity contribution in [1.29, 1.82) is 0 Å². The molecule has 4 rings (SSSR count). The summed E-state index contributed by atoms with van der Waals surface area (Å²) < 4.78 is 17.6. The predicted octanol–water partition coefficient (Wildman–Crippen LogP) is 6.12. The number of amides is 1. The molecule has 182 valence electrons. The molecule has 7 nitrogen and oxygen atoms in total. The molecular formula is C27H29N3O4S. The lowest BCUT2D eigenvalue weighted by molar-refractivity contribution is 0.0984. The van der Waals surface area contributed by atoms with Gasteiger partial charge in [-0.1, -0.05) is 37.2 Å². The summed E-state index contributed by atoms with van der Waals surface area (Å²) in [6.45, 7) is 3.11. The number of rotatable bonds is 11. The summed E-state index contributed by atoms with van der Waals surface area (Å²) in [7, 11) is 3.21. The maximum Gasteiger partial charge on any atom is 0.260 e. The third-order valence-corrected chi connectivity index (χ3v) is 6.63. The van der Waals surface area contributed by atoms with Crippen molar-refractivity contribution in [3.05, 3.63) is 72.1 Å². The molecule has 0 unspecified atom stereocenters. The van der Waals surface area contributed by atoms with E-state index in [9.17, 15) is 4.79 Å². The van der Waals surface area contributed by atoms with E-state index in [1.807, 2.05) is 42.5 Å². The van der Waals surface area contributed by atoms with Gasteiger partial charge >= 0.3 is 0 Å². The molecule has 0 spiro atoms. The first-order valence-electron chi connectivity index (χ1n) is 11.6. The Hall–Kier alpha value is -3.65. The Kier molecular flexibility index (Phi) is 8.15. The number of aromatic nitrogens is 2. The van der Waals surface area contributed by atoms with Gasteiger partial charge in [0, 0.05) is 11.8 Å². The number of thiazole rings is 1. The Morgan fingerprint density at radius 2 is 1.74 bits per heavy atom. The second-order valence-electron chi connectivity index (χ2n) is 7.94. The van der Waals surface area contributed by atoms with E-state index in [2.05, 4.69) is 11.9 Å². The number of methoxy groups -OCH3 is 2. The standard InChI is InChI=1S/C27H29N3O4S/c1-4-5-8-17-34-21-12-10-19(11-13-21)26(31)30(18-20-9-6-7-16-28-20)27-29-24-22(32-2)14-15-23(33-3)25(24)35-27/h6-7,9-16H,4-5,8,17-18H2,1-3H3. The van der Waals surface area contributed by atoms with Crippen molar-refractivity contribution >= 4 is 32.6 Å². The van der Waals surface area contributed by atoms with Crippen molar-refractivity contribution in [3.63, 3.8) is 0 Å². The summed E-state index contributed by atoms with van der Waals surface area (Å²) in [5.74, 6) is 1.88. The number of hydrogen-bond acceptors (Lipinski definition) is 7. The van der Waals surface area contributed by atoms with Gasteiger partial charge < -0.3 is 14.2 Å². The molecule has 2 aromatic heterocycles. The van der Waals surface area contributed by atoms with E-state index in [4.69, 9.17) is 19.2 Å². The number of ether oxygens (including phenoxy) is 3. The van der Waals surface area contributed by atoms with Crippen LogP contribution in [0.15, 0.2) is 60.8 Å². The van der Waals surface area contributed by atoms with Crippen LogP contribution in [-0.2, 0) is 6.54 Å². The van der Waals surface area contributed by atoms with Crippen LogP contribution in [0.5, 0.6) is 17.2 Å². The third-order valence-electron chi connectivity index (χ3n) is 5.54. The molecule has 0 atom stereocenters. The van der Waals surface area contributed by atoms with E-state index in [1.54, 1.807) is 37.4 Å². The Morgan fingerprint density at radius 3 is 2.43 bits per heavy atom. The highest BCUT2D eigenvalue weighted by Gasteiger charge is 2.24. The second-order valence-corrected chi connectivity index (χ2v) is 8.91. The minimum absolute atomic E-state index is 0.176. The van der Waals surface area contributed by atoms with E-state index >= 15 is 0 Å². The second kappa shape index (κ2) is 11.7. The number of nitrogens with zero attached hydrogens (tertiary/aromatic N) is 3. The van der Waals surface area contributed by atoms with Crippen molar-refractivity contribution in [2.24, 2.45) is 0 Å². The van der Waals surface area contributed by atoms with Crippen LogP contribution in [0, 0.1) is 0 Å². The topological polar surface area (TPSA) is 73.8 Å². The summed E-state index contributed by atoms with van der Waals surface area (Å²) in [5, 5.41) is 0.540. The highest BCUT2D eigenvalue weighted by Crippen LogP contribution is 2.40. The number of benzene rings is 2. The molecule has 0 saturated carbocycles. The molecule has 0 aliphatic carbocycles. The number of carbonyl (C=O) groups is 1. The number of carbonyl (C=O) groups excluding carboxylic acids is 1. The van der Waals surface area contributed by atoms with E-state index < -0.39 is 0 Å². The van der Waals surface area contributed by atoms with Crippen LogP contribution in [0.2, 0.25) is 0 Å². The van der Waals surface area contributed by atoms with E-state index in [0.717, 1.165) is 35.4 Å². The largest absolute Gasteiger partial charge is 0.495 e. The van der Waals surface area contributed by atoms with Crippen LogP contribution < -0.4 is 19.1 Å². The monoisotopic (exact) mass is 491 g/mol. The normalized spacial score (nSPS) is 10.8. The molecule has 0 N–H and O–H groups in total. The average molecular weight is 492 g/mol. The molecule has 2 aromatic carbocycles. The van der Waals surface area contributed by atoms with Crippen LogP contribution >= 0.6 is 11.3 Å². The molecule has 2 heterocycles. The molecule has 35 heavy (non-hydrogen) atoms. The lowest BCUT2D eigenvalue weighted by atomic mass is 10.2. The van der Waals surface area contributed by atoms with Crippen molar-refractivity contribution in [2.45, 2.75) is 32.7 Å². The zero-order valence-corrected chi connectivity index (χ0v) is 21.0. The molecule has 4 aromatic rings. The first-order valence-corrected chi connectivity index (χ1v) is 12.4. The van der Waals surface area contributed by atoms with E-state index in [1.165, 1.54) is 11.3 Å². The lowest BCUT2D eigenvalue weighted by Gasteiger charge is -2.20. The molecule has 0 saturated heterocycles. The summed E-state index contributed by atoms with van der Waals surface area (Å²) in [6, 6.07) is 16.5. The Balaban J connectivity index is 1.66. The van der Waals surface area contributed by atoms with Crippen LogP contribution in [0.3, 0.4) is 0 Å². The van der Waals surface area contributed by atoms with Crippen molar-refractivity contribution < 1.29 is 19.0 Å². The van der Waals surface area contributed by atoms with Gasteiger partial charge in [-0.2, -0.15) is 0 Å². The summed E-state index contributed by atoms with van der Waals surface area (Å²) >= 11 is 1.38. The Labute approximate surface area is 209 Å². The molecule has 0 fully saturated rings. The average Bonchev–Trinajstić information content (AvgIpc) is 3.35. The number of hydrogen-bond donors (Lipinski definition) is 0. The van der Waals surface area contributed by atoms with Crippen LogP contribution in [-0.4, -0.2) is 36.7 Å². The summed E-state index contributed by atoms with van der Waals surface area (Å²) in [6.07, 6.45) is 5.01. The SMILES string of the molecule is CCCCCOc1ccc(C(=O)N(Cc2ccccn2)c2nc3c(OC)ccc(OC)c3s2)cc1. The summed E-state index contributed by atoms with van der Waals surface area (Å²) in [5.41, 5.74) is 1.96. The minimum atomic E-state index is -0.176. The molecular weight excluding hydrogens is 462 g/mol. The molecule has 0 radical (unpaired) electrons. The highest BCUT2D eigenvalue weighted by molar-refractivity contribution is 7.22. The van der Waals surface area contributed by atoms with Gasteiger partial charge in [0.05, 0.1) is 33.1 Å². The lowest BCUT2D eigenvalue weighted by Crippen LogP contribution is -2.30. The number of fused-ring (bicyclic) bond motifs is 1. The maximum absolute atomic E-state index is 13.7. The smallest absolute Gasteiger partial charge is 0.260 e. The number of unbranched alkanes of at least 4 members (excludes halogenated alkanes) is 2. The molecule has 0 aliphatic heterocycles. The van der Waals surface area contributed by atoms with Gasteiger partial charge in [0.25, 0.3) is 5.91 Å². The van der Waals surface area contributed by atoms with Crippen molar-refractivity contribution in [1.82, 2.24) is 9.97 Å². The van der Waals surface area contributed by atoms with E-state index in [0.29, 0.717) is 34.3 Å². The van der Waals surface area contributed by atoms with Gasteiger partial charge in [0.15, 0.2) is 5.13 Å². The Bertz CT molecular complexity index is 1220. The number of anilines is 1. The fourth-order valence-corrected chi connectivity index (χ4v) is 4.73. The zero-order valence-electron chi connectivity index (χ0n) is 20.2. The molecule has 0 aliphatic rings. The third kappa shape index (κ3) is 5.71. The fraction of sp³-hybridized carbons (Fsp3) is 0.296. The van der Waals surface area contributed by atoms with Crippen LogP contribution in [0.25, 0.3) is 10.2 Å². The Morgan fingerprint density at radius 1 is 0.971 bits per heavy atom. The maximum atomic E-state index is 13.7. The van der Waals surface area contributed by atoms with Gasteiger partial charge in [-0.25, -0.2) is 4.98 Å². The van der Waals surface area contributed by atoms with Gasteiger partial charge in [-0.3, -0.25) is 14.7 Å².